The minimum absolute atomic E-state index is 0.0311. The molecule has 0 bridgehead atoms. The Morgan fingerprint density at radius 3 is 2.63 bits per heavy atom. The van der Waals surface area contributed by atoms with E-state index in [-0.39, 0.29) is 23.7 Å². The maximum atomic E-state index is 12.6. The molecule has 1 aromatic rings. The van der Waals surface area contributed by atoms with Crippen LogP contribution in [-0.2, 0) is 11.2 Å². The predicted molar refractivity (Wildman–Crippen MR) is 111 cm³/mol. The lowest BCUT2D eigenvalue weighted by molar-refractivity contribution is -0.133. The van der Waals surface area contributed by atoms with E-state index in [2.05, 4.69) is 16.0 Å². The molecule has 0 aromatic heterocycles. The highest BCUT2D eigenvalue weighted by molar-refractivity contribution is 6.47. The van der Waals surface area contributed by atoms with Crippen molar-refractivity contribution in [3.8, 4) is 5.75 Å². The molecule has 0 radical (unpaired) electrons. The Balaban J connectivity index is 1.53. The van der Waals surface area contributed by atoms with Crippen LogP contribution in [0.25, 0.3) is 0 Å². The first-order chi connectivity index (χ1) is 14.4. The van der Waals surface area contributed by atoms with Gasteiger partial charge >= 0.3 is 13.1 Å². The molecule has 2 atom stereocenters. The molecule has 9 nitrogen and oxygen atoms in total. The number of aromatic carboxylic acids is 1. The van der Waals surface area contributed by atoms with Crippen LogP contribution in [0.1, 0.15) is 41.6 Å². The number of carboxylic acid groups (broad SMARTS) is 1. The zero-order valence-electron chi connectivity index (χ0n) is 17.1. The number of aliphatic hydroxyl groups is 1. The normalized spacial score (nSPS) is 24.5. The summed E-state index contributed by atoms with van der Waals surface area (Å²) in [5.74, 6) is -2.45. The summed E-state index contributed by atoms with van der Waals surface area (Å²) in [7, 11) is 0.521. The van der Waals surface area contributed by atoms with Crippen LogP contribution in [-0.4, -0.2) is 72.5 Å². The number of carbonyl (C=O) groups excluding carboxylic acids is 1. The highest BCUT2D eigenvalue weighted by Crippen LogP contribution is 2.31. The first kappa shape index (κ1) is 22.5. The van der Waals surface area contributed by atoms with Crippen LogP contribution >= 0.6 is 0 Å². The number of fused-ring (bicyclic) bond motifs is 1. The number of amides is 1. The Hall–Kier alpha value is -2.14. The summed E-state index contributed by atoms with van der Waals surface area (Å²) in [5.41, 5.74) is 0.560. The summed E-state index contributed by atoms with van der Waals surface area (Å²) >= 11 is 0. The summed E-state index contributed by atoms with van der Waals surface area (Å²) in [6, 6.07) is 5.10. The molecule has 6 N–H and O–H groups in total. The molecule has 30 heavy (non-hydrogen) atoms. The number of rotatable bonds is 8. The number of aliphatic hydroxyl groups excluding tert-OH is 1. The van der Waals surface area contributed by atoms with Crippen molar-refractivity contribution >= 4 is 19.0 Å². The van der Waals surface area contributed by atoms with Crippen LogP contribution in [0.3, 0.4) is 0 Å². The Morgan fingerprint density at radius 1 is 1.23 bits per heavy atom. The van der Waals surface area contributed by atoms with Crippen molar-refractivity contribution in [2.24, 2.45) is 5.92 Å². The highest BCUT2D eigenvalue weighted by atomic mass is 16.5. The average molecular weight is 419 g/mol. The van der Waals surface area contributed by atoms with Gasteiger partial charge in [-0.1, -0.05) is 12.1 Å². The van der Waals surface area contributed by atoms with E-state index in [1.807, 2.05) is 7.05 Å². The Bertz CT molecular complexity index is 756. The van der Waals surface area contributed by atoms with Gasteiger partial charge in [0.15, 0.2) is 0 Å². The van der Waals surface area contributed by atoms with Crippen molar-refractivity contribution in [1.29, 1.82) is 0 Å². The fourth-order valence-corrected chi connectivity index (χ4v) is 4.24. The smallest absolute Gasteiger partial charge is 0.534 e. The van der Waals surface area contributed by atoms with Crippen LogP contribution in [0.2, 0.25) is 0 Å². The maximum absolute atomic E-state index is 12.6. The quantitative estimate of drug-likeness (QED) is 0.246. The van der Waals surface area contributed by atoms with Gasteiger partial charge in [-0.15, -0.1) is 0 Å². The standard InChI is InChI=1S/C20H30BN3O6/c1-22-9-10-23-14-7-5-12(6-8-14)17(25)19(26)24-16-11-13-3-2-4-15(20(27)28)18(13)30-21(16)29/h2-4,12,14,16-17,22-23,25,29H,5-11H2,1H3,(H,24,26)(H,27,28). The molecule has 3 rings (SSSR count). The van der Waals surface area contributed by atoms with Gasteiger partial charge in [0.05, 0.1) is 11.5 Å². The molecule has 2 aliphatic rings. The van der Waals surface area contributed by atoms with Crippen LogP contribution < -0.4 is 20.6 Å². The summed E-state index contributed by atoms with van der Waals surface area (Å²) in [6.07, 6.45) is 2.37. The lowest BCUT2D eigenvalue weighted by Gasteiger charge is -2.33. The zero-order chi connectivity index (χ0) is 21.7. The molecule has 1 amide bonds. The third-order valence-electron chi connectivity index (χ3n) is 5.97. The second kappa shape index (κ2) is 10.3. The van der Waals surface area contributed by atoms with Crippen LogP contribution in [0, 0.1) is 5.92 Å². The van der Waals surface area contributed by atoms with E-state index in [1.165, 1.54) is 6.07 Å². The molecule has 1 fully saturated rings. The Morgan fingerprint density at radius 2 is 1.97 bits per heavy atom. The molecule has 1 aliphatic carbocycles. The number of benzene rings is 1. The minimum Gasteiger partial charge on any atom is -0.534 e. The van der Waals surface area contributed by atoms with Crippen LogP contribution in [0.15, 0.2) is 18.2 Å². The van der Waals surface area contributed by atoms with E-state index in [4.69, 9.17) is 4.65 Å². The molecule has 0 spiro atoms. The van der Waals surface area contributed by atoms with Crippen molar-refractivity contribution in [2.45, 2.75) is 50.2 Å². The molecule has 10 heteroatoms. The van der Waals surface area contributed by atoms with Crippen molar-refractivity contribution in [1.82, 2.24) is 16.0 Å². The van der Waals surface area contributed by atoms with Crippen molar-refractivity contribution in [2.75, 3.05) is 20.1 Å². The first-order valence-corrected chi connectivity index (χ1v) is 10.5. The lowest BCUT2D eigenvalue weighted by atomic mass is 9.72. The number of carboxylic acids is 1. The van der Waals surface area contributed by atoms with Gasteiger partial charge in [0, 0.05) is 19.1 Å². The van der Waals surface area contributed by atoms with E-state index >= 15 is 0 Å². The molecule has 2 unspecified atom stereocenters. The number of hydrogen-bond acceptors (Lipinski definition) is 7. The molecule has 0 saturated heterocycles. The fourth-order valence-electron chi connectivity index (χ4n) is 4.24. The molecule has 1 saturated carbocycles. The van der Waals surface area contributed by atoms with Gasteiger partial charge in [-0.05, 0) is 56.7 Å². The van der Waals surface area contributed by atoms with E-state index in [0.717, 1.165) is 38.8 Å². The van der Waals surface area contributed by atoms with E-state index in [9.17, 15) is 24.8 Å². The predicted octanol–water partition coefficient (Wildman–Crippen LogP) is -0.447. The second-order valence-electron chi connectivity index (χ2n) is 8.04. The third kappa shape index (κ3) is 5.31. The van der Waals surface area contributed by atoms with Gasteiger partial charge in [-0.2, -0.15) is 0 Å². The fraction of sp³-hybridized carbons (Fsp3) is 0.600. The molecule has 1 heterocycles. The lowest BCUT2D eigenvalue weighted by Crippen LogP contribution is -2.56. The number of carbonyl (C=O) groups is 2. The maximum Gasteiger partial charge on any atom is 0.547 e. The molecule has 1 aliphatic heterocycles. The monoisotopic (exact) mass is 419 g/mol. The van der Waals surface area contributed by atoms with E-state index < -0.39 is 31.0 Å². The highest BCUT2D eigenvalue weighted by Gasteiger charge is 2.39. The zero-order valence-corrected chi connectivity index (χ0v) is 17.1. The summed E-state index contributed by atoms with van der Waals surface area (Å²) in [4.78, 5) is 23.9. The van der Waals surface area contributed by atoms with Gasteiger partial charge in [-0.3, -0.25) is 4.79 Å². The molecule has 1 aromatic carbocycles. The summed E-state index contributed by atoms with van der Waals surface area (Å²) in [6.45, 7) is 1.79. The second-order valence-corrected chi connectivity index (χ2v) is 8.04. The van der Waals surface area contributed by atoms with E-state index in [0.29, 0.717) is 11.6 Å². The van der Waals surface area contributed by atoms with Gasteiger partial charge in [0.1, 0.15) is 11.9 Å². The summed E-state index contributed by atoms with van der Waals surface area (Å²) < 4.78 is 5.39. The summed E-state index contributed by atoms with van der Waals surface area (Å²) in [5, 5.41) is 39.3. The topological polar surface area (TPSA) is 140 Å². The Kier molecular flexibility index (Phi) is 7.71. The largest absolute Gasteiger partial charge is 0.547 e. The van der Waals surface area contributed by atoms with E-state index in [1.54, 1.807) is 12.1 Å². The van der Waals surface area contributed by atoms with Gasteiger partial charge in [0.25, 0.3) is 0 Å². The molecular formula is C20H30BN3O6. The number of hydrogen-bond donors (Lipinski definition) is 6. The SMILES string of the molecule is CNCCNC1CCC(C(O)C(=O)NC2Cc3cccc(C(=O)O)c3OB2O)CC1. The van der Waals surface area contributed by atoms with Crippen molar-refractivity contribution in [3.63, 3.8) is 0 Å². The van der Waals surface area contributed by atoms with Crippen molar-refractivity contribution < 1.29 is 29.5 Å². The third-order valence-corrected chi connectivity index (χ3v) is 5.97. The van der Waals surface area contributed by atoms with Gasteiger partial charge in [-0.25, -0.2) is 4.79 Å². The van der Waals surface area contributed by atoms with Crippen molar-refractivity contribution in [3.05, 3.63) is 29.3 Å². The Labute approximate surface area is 176 Å². The average Bonchev–Trinajstić information content (AvgIpc) is 2.74. The number of likely N-dealkylation sites (N-methyl/N-ethyl adjacent to an activating group) is 1. The molecular weight excluding hydrogens is 389 g/mol. The first-order valence-electron chi connectivity index (χ1n) is 10.5. The van der Waals surface area contributed by atoms with Gasteiger partial charge < -0.3 is 35.8 Å². The van der Waals surface area contributed by atoms with Crippen LogP contribution in [0.4, 0.5) is 0 Å². The number of para-hydroxylation sites is 1. The van der Waals surface area contributed by atoms with Crippen LogP contribution in [0.5, 0.6) is 5.75 Å². The molecule has 164 valence electrons. The number of nitrogens with one attached hydrogen (secondary N) is 3. The minimum atomic E-state index is -1.39. The van der Waals surface area contributed by atoms with Gasteiger partial charge in [0.2, 0.25) is 5.91 Å².